The Morgan fingerprint density at radius 2 is 1.88 bits per heavy atom. The highest BCUT2D eigenvalue weighted by atomic mass is 32.2. The molecule has 0 atom stereocenters. The van der Waals surface area contributed by atoms with Crippen LogP contribution in [-0.4, -0.2) is 15.0 Å². The van der Waals surface area contributed by atoms with Crippen molar-refractivity contribution in [1.82, 2.24) is 4.72 Å². The molecule has 1 saturated carbocycles. The summed E-state index contributed by atoms with van der Waals surface area (Å²) in [5.74, 6) is 0. The van der Waals surface area contributed by atoms with E-state index in [1.807, 2.05) is 13.0 Å². The molecular formula is C12H15NO2S. The fraction of sp³-hybridized carbons (Fsp3) is 0.333. The Balaban J connectivity index is 2.05. The largest absolute Gasteiger partial charge is 0.240 e. The van der Waals surface area contributed by atoms with E-state index in [4.69, 9.17) is 0 Å². The zero-order valence-corrected chi connectivity index (χ0v) is 10.0. The van der Waals surface area contributed by atoms with Crippen LogP contribution in [0.25, 0.3) is 0 Å². The molecule has 1 aliphatic rings. The van der Waals surface area contributed by atoms with Gasteiger partial charge in [0.05, 0.1) is 4.90 Å². The van der Waals surface area contributed by atoms with Gasteiger partial charge in [-0.15, -0.1) is 0 Å². The Morgan fingerprint density at radius 3 is 2.44 bits per heavy atom. The number of sulfonamides is 1. The average molecular weight is 237 g/mol. The molecule has 3 nitrogen and oxygen atoms in total. The normalized spacial score (nSPS) is 14.9. The van der Waals surface area contributed by atoms with Gasteiger partial charge < -0.3 is 0 Å². The molecule has 0 unspecified atom stereocenters. The third kappa shape index (κ3) is 2.93. The van der Waals surface area contributed by atoms with E-state index in [1.165, 1.54) is 5.57 Å². The standard InChI is InChI=1S/C12H15NO2S/c1-10-2-6-12(7-3-10)16(14,15)13-9-8-11-4-5-11/h2-3,6-8,13H,4-5,9H2,1H3. The summed E-state index contributed by atoms with van der Waals surface area (Å²) in [4.78, 5) is 0.326. The maximum Gasteiger partial charge on any atom is 0.240 e. The van der Waals surface area contributed by atoms with Crippen LogP contribution in [0.5, 0.6) is 0 Å². The van der Waals surface area contributed by atoms with Gasteiger partial charge in [-0.05, 0) is 31.9 Å². The van der Waals surface area contributed by atoms with Crippen molar-refractivity contribution in [2.45, 2.75) is 24.7 Å². The summed E-state index contributed by atoms with van der Waals surface area (Å²) < 4.78 is 26.2. The molecule has 1 N–H and O–H groups in total. The molecule has 1 aliphatic carbocycles. The first-order chi connectivity index (χ1) is 7.58. The van der Waals surface area contributed by atoms with Crippen LogP contribution in [0.1, 0.15) is 18.4 Å². The van der Waals surface area contributed by atoms with E-state index in [0.717, 1.165) is 18.4 Å². The number of hydrogen-bond acceptors (Lipinski definition) is 2. The third-order valence-electron chi connectivity index (χ3n) is 2.53. The first-order valence-corrected chi connectivity index (χ1v) is 6.80. The van der Waals surface area contributed by atoms with Crippen LogP contribution < -0.4 is 4.72 Å². The van der Waals surface area contributed by atoms with Crippen molar-refractivity contribution in [1.29, 1.82) is 0 Å². The molecule has 1 fully saturated rings. The second-order valence-corrected chi connectivity index (χ2v) is 5.79. The summed E-state index contributed by atoms with van der Waals surface area (Å²) in [7, 11) is -3.34. The Labute approximate surface area is 96.2 Å². The molecule has 0 amide bonds. The minimum absolute atomic E-state index is 0.326. The second-order valence-electron chi connectivity index (χ2n) is 4.03. The maximum absolute atomic E-state index is 11.8. The van der Waals surface area contributed by atoms with E-state index < -0.39 is 10.0 Å². The van der Waals surface area contributed by atoms with E-state index in [2.05, 4.69) is 4.72 Å². The zero-order valence-electron chi connectivity index (χ0n) is 9.23. The molecule has 0 aliphatic heterocycles. The lowest BCUT2D eigenvalue weighted by molar-refractivity contribution is 0.585. The number of nitrogens with one attached hydrogen (secondary N) is 1. The Morgan fingerprint density at radius 1 is 1.25 bits per heavy atom. The molecule has 4 heteroatoms. The van der Waals surface area contributed by atoms with Gasteiger partial charge in [-0.1, -0.05) is 29.3 Å². The van der Waals surface area contributed by atoms with Crippen molar-refractivity contribution in [2.24, 2.45) is 0 Å². The minimum Gasteiger partial charge on any atom is -0.207 e. The van der Waals surface area contributed by atoms with Crippen LogP contribution in [0.15, 0.2) is 40.8 Å². The van der Waals surface area contributed by atoms with Gasteiger partial charge in [-0.2, -0.15) is 0 Å². The Bertz CT molecular complexity index is 494. The number of hydrogen-bond donors (Lipinski definition) is 1. The summed E-state index contributed by atoms with van der Waals surface area (Å²) >= 11 is 0. The molecule has 0 spiro atoms. The van der Waals surface area contributed by atoms with Gasteiger partial charge >= 0.3 is 0 Å². The van der Waals surface area contributed by atoms with Crippen LogP contribution in [0, 0.1) is 6.92 Å². The minimum atomic E-state index is -3.34. The summed E-state index contributed by atoms with van der Waals surface area (Å²) in [6.07, 6.45) is 4.18. The van der Waals surface area contributed by atoms with Crippen molar-refractivity contribution >= 4 is 10.0 Å². The first-order valence-electron chi connectivity index (χ1n) is 5.32. The maximum atomic E-state index is 11.8. The van der Waals surface area contributed by atoms with Crippen LogP contribution in [0.4, 0.5) is 0 Å². The number of rotatable bonds is 4. The van der Waals surface area contributed by atoms with Crippen LogP contribution >= 0.6 is 0 Å². The van der Waals surface area contributed by atoms with E-state index in [9.17, 15) is 8.42 Å². The summed E-state index contributed by atoms with van der Waals surface area (Å²) in [6, 6.07) is 6.85. The monoisotopic (exact) mass is 237 g/mol. The van der Waals surface area contributed by atoms with E-state index in [1.54, 1.807) is 24.3 Å². The van der Waals surface area contributed by atoms with E-state index in [0.29, 0.717) is 11.4 Å². The SMILES string of the molecule is Cc1ccc(S(=O)(=O)NCC=C2CC2)cc1. The lowest BCUT2D eigenvalue weighted by Crippen LogP contribution is -2.23. The van der Waals surface area contributed by atoms with Gasteiger partial charge in [0.2, 0.25) is 10.0 Å². The highest BCUT2D eigenvalue weighted by molar-refractivity contribution is 7.89. The smallest absolute Gasteiger partial charge is 0.207 e. The quantitative estimate of drug-likeness (QED) is 0.814. The van der Waals surface area contributed by atoms with E-state index >= 15 is 0 Å². The Kier molecular flexibility index (Phi) is 3.12. The molecule has 0 saturated heterocycles. The fourth-order valence-corrected chi connectivity index (χ4v) is 2.34. The molecule has 86 valence electrons. The predicted octanol–water partition coefficient (Wildman–Crippen LogP) is 1.99. The highest BCUT2D eigenvalue weighted by Gasteiger charge is 2.14. The first kappa shape index (κ1) is 11.4. The summed E-state index contributed by atoms with van der Waals surface area (Å²) in [5, 5.41) is 0. The molecule has 0 radical (unpaired) electrons. The molecule has 0 bridgehead atoms. The summed E-state index contributed by atoms with van der Waals surface area (Å²) in [6.45, 7) is 2.33. The van der Waals surface area contributed by atoms with Crippen molar-refractivity contribution in [3.63, 3.8) is 0 Å². The lowest BCUT2D eigenvalue weighted by atomic mass is 10.2. The Hall–Kier alpha value is -1.13. The molecular weight excluding hydrogens is 222 g/mol. The van der Waals surface area contributed by atoms with Gasteiger partial charge in [0.1, 0.15) is 0 Å². The van der Waals surface area contributed by atoms with E-state index in [-0.39, 0.29) is 0 Å². The molecule has 1 aromatic rings. The lowest BCUT2D eigenvalue weighted by Gasteiger charge is -2.04. The van der Waals surface area contributed by atoms with Crippen LogP contribution in [0.3, 0.4) is 0 Å². The van der Waals surface area contributed by atoms with Crippen molar-refractivity contribution < 1.29 is 8.42 Å². The second kappa shape index (κ2) is 4.39. The fourth-order valence-electron chi connectivity index (χ4n) is 1.37. The zero-order chi connectivity index (χ0) is 11.6. The molecule has 0 heterocycles. The summed E-state index contributed by atoms with van der Waals surface area (Å²) in [5.41, 5.74) is 2.39. The van der Waals surface area contributed by atoms with Crippen molar-refractivity contribution in [3.8, 4) is 0 Å². The molecule has 0 aromatic heterocycles. The number of benzene rings is 1. The number of aryl methyl sites for hydroxylation is 1. The molecule has 16 heavy (non-hydrogen) atoms. The van der Waals surface area contributed by atoms with Crippen LogP contribution in [0.2, 0.25) is 0 Å². The molecule has 1 aromatic carbocycles. The highest BCUT2D eigenvalue weighted by Crippen LogP contribution is 2.26. The van der Waals surface area contributed by atoms with Gasteiger partial charge in [-0.25, -0.2) is 13.1 Å². The van der Waals surface area contributed by atoms with Crippen LogP contribution in [-0.2, 0) is 10.0 Å². The molecule has 2 rings (SSSR count). The average Bonchev–Trinajstić information content (AvgIpc) is 3.02. The van der Waals surface area contributed by atoms with Crippen molar-refractivity contribution in [3.05, 3.63) is 41.5 Å². The van der Waals surface area contributed by atoms with Gasteiger partial charge in [0.15, 0.2) is 0 Å². The van der Waals surface area contributed by atoms with Crippen molar-refractivity contribution in [2.75, 3.05) is 6.54 Å². The predicted molar refractivity (Wildman–Crippen MR) is 63.7 cm³/mol. The number of allylic oxidation sites excluding steroid dienone is 1. The topological polar surface area (TPSA) is 46.2 Å². The van der Waals surface area contributed by atoms with Gasteiger partial charge in [0, 0.05) is 6.54 Å². The van der Waals surface area contributed by atoms with Gasteiger partial charge in [-0.3, -0.25) is 0 Å². The van der Waals surface area contributed by atoms with Gasteiger partial charge in [0.25, 0.3) is 0 Å². The third-order valence-corrected chi connectivity index (χ3v) is 3.97.